The zero-order chi connectivity index (χ0) is 11.1. The maximum Gasteiger partial charge on any atom is 0.334 e. The van der Waals surface area contributed by atoms with Gasteiger partial charge in [-0.15, -0.1) is 0 Å². The number of ether oxygens (including phenoxy) is 1. The summed E-state index contributed by atoms with van der Waals surface area (Å²) in [7, 11) is 0. The lowest BCUT2D eigenvalue weighted by Crippen LogP contribution is -2.12. The summed E-state index contributed by atoms with van der Waals surface area (Å²) in [5, 5.41) is 2.87. The van der Waals surface area contributed by atoms with E-state index in [9.17, 15) is 4.79 Å². The summed E-state index contributed by atoms with van der Waals surface area (Å²) in [6.07, 6.45) is 1.22. The number of anilines is 1. The lowest BCUT2D eigenvalue weighted by atomic mass is 10.3. The number of carbonyl (C=O) groups excluding carboxylic acids is 1. The third-order valence-corrected chi connectivity index (χ3v) is 1.62. The SMILES string of the molecule is CCOC(=O)/C=C(\N)Nc1ccccc1. The monoisotopic (exact) mass is 206 g/mol. The van der Waals surface area contributed by atoms with E-state index in [4.69, 9.17) is 10.5 Å². The summed E-state index contributed by atoms with van der Waals surface area (Å²) >= 11 is 0. The van der Waals surface area contributed by atoms with Crippen molar-refractivity contribution in [3.05, 3.63) is 42.2 Å². The summed E-state index contributed by atoms with van der Waals surface area (Å²) in [5.41, 5.74) is 6.42. The van der Waals surface area contributed by atoms with Crippen molar-refractivity contribution in [3.8, 4) is 0 Å². The van der Waals surface area contributed by atoms with E-state index in [-0.39, 0.29) is 5.82 Å². The Kier molecular flexibility index (Phi) is 4.22. The third-order valence-electron chi connectivity index (χ3n) is 1.62. The fourth-order valence-corrected chi connectivity index (χ4v) is 1.04. The van der Waals surface area contributed by atoms with Gasteiger partial charge in [0, 0.05) is 5.69 Å². The van der Waals surface area contributed by atoms with Crippen LogP contribution in [0.2, 0.25) is 0 Å². The number of benzene rings is 1. The average molecular weight is 206 g/mol. The molecule has 0 aliphatic rings. The van der Waals surface area contributed by atoms with Crippen LogP contribution < -0.4 is 11.1 Å². The summed E-state index contributed by atoms with van der Waals surface area (Å²) in [4.78, 5) is 11.0. The molecule has 0 amide bonds. The van der Waals surface area contributed by atoms with Crippen LogP contribution in [0.25, 0.3) is 0 Å². The second-order valence-electron chi connectivity index (χ2n) is 2.84. The molecule has 0 aromatic heterocycles. The van der Waals surface area contributed by atoms with Gasteiger partial charge < -0.3 is 15.8 Å². The quantitative estimate of drug-likeness (QED) is 0.578. The maximum atomic E-state index is 11.0. The van der Waals surface area contributed by atoms with Crippen LogP contribution in [0.3, 0.4) is 0 Å². The van der Waals surface area contributed by atoms with Gasteiger partial charge in [-0.2, -0.15) is 0 Å². The molecule has 0 aliphatic carbocycles. The molecule has 3 N–H and O–H groups in total. The van der Waals surface area contributed by atoms with Crippen LogP contribution in [0.5, 0.6) is 0 Å². The first-order chi connectivity index (χ1) is 7.22. The number of rotatable bonds is 4. The molecule has 80 valence electrons. The smallest absolute Gasteiger partial charge is 0.334 e. The molecule has 0 bridgehead atoms. The third kappa shape index (κ3) is 4.17. The molecule has 1 rings (SSSR count). The summed E-state index contributed by atoms with van der Waals surface area (Å²) in [6, 6.07) is 9.36. The van der Waals surface area contributed by atoms with E-state index >= 15 is 0 Å². The van der Waals surface area contributed by atoms with Gasteiger partial charge in [0.25, 0.3) is 0 Å². The van der Waals surface area contributed by atoms with Crippen LogP contribution in [0.4, 0.5) is 5.69 Å². The van der Waals surface area contributed by atoms with E-state index in [2.05, 4.69) is 5.32 Å². The molecule has 15 heavy (non-hydrogen) atoms. The highest BCUT2D eigenvalue weighted by atomic mass is 16.5. The first-order valence-corrected chi connectivity index (χ1v) is 4.68. The number of hydrogen-bond donors (Lipinski definition) is 2. The van der Waals surface area contributed by atoms with Crippen LogP contribution in [-0.2, 0) is 9.53 Å². The van der Waals surface area contributed by atoms with Gasteiger partial charge in [-0.3, -0.25) is 0 Å². The Morgan fingerprint density at radius 2 is 2.13 bits per heavy atom. The van der Waals surface area contributed by atoms with Crippen LogP contribution >= 0.6 is 0 Å². The Hall–Kier alpha value is -1.97. The van der Waals surface area contributed by atoms with E-state index in [1.165, 1.54) is 6.08 Å². The molecular weight excluding hydrogens is 192 g/mol. The molecule has 0 fully saturated rings. The first-order valence-electron chi connectivity index (χ1n) is 4.68. The van der Waals surface area contributed by atoms with Crippen molar-refractivity contribution in [2.24, 2.45) is 5.73 Å². The van der Waals surface area contributed by atoms with Crippen LogP contribution in [0.15, 0.2) is 42.2 Å². The molecule has 0 spiro atoms. The van der Waals surface area contributed by atoms with E-state index in [1.54, 1.807) is 6.92 Å². The zero-order valence-electron chi connectivity index (χ0n) is 8.57. The van der Waals surface area contributed by atoms with Gasteiger partial charge in [0.2, 0.25) is 0 Å². The van der Waals surface area contributed by atoms with Crippen molar-refractivity contribution in [2.75, 3.05) is 11.9 Å². The molecule has 4 heteroatoms. The Morgan fingerprint density at radius 1 is 1.47 bits per heavy atom. The molecule has 0 heterocycles. The second kappa shape index (κ2) is 5.70. The van der Waals surface area contributed by atoms with Crippen molar-refractivity contribution in [3.63, 3.8) is 0 Å². The van der Waals surface area contributed by atoms with E-state index in [0.717, 1.165) is 5.69 Å². The molecule has 0 saturated heterocycles. The highest BCUT2D eigenvalue weighted by molar-refractivity contribution is 5.83. The molecule has 4 nitrogen and oxygen atoms in total. The van der Waals surface area contributed by atoms with Gasteiger partial charge in [0.15, 0.2) is 0 Å². The van der Waals surface area contributed by atoms with Crippen molar-refractivity contribution in [1.29, 1.82) is 0 Å². The molecule has 0 aliphatic heterocycles. The molecule has 0 radical (unpaired) electrons. The normalized spacial score (nSPS) is 10.9. The van der Waals surface area contributed by atoms with Crippen molar-refractivity contribution in [2.45, 2.75) is 6.92 Å². The Balaban J connectivity index is 2.55. The summed E-state index contributed by atoms with van der Waals surface area (Å²) in [6.45, 7) is 2.08. The van der Waals surface area contributed by atoms with Gasteiger partial charge in [-0.25, -0.2) is 4.79 Å². The maximum absolute atomic E-state index is 11.0. The van der Waals surface area contributed by atoms with Gasteiger partial charge in [0.05, 0.1) is 12.7 Å². The minimum Gasteiger partial charge on any atom is -0.463 e. The predicted octanol–water partition coefficient (Wildman–Crippen LogP) is 1.46. The number of hydrogen-bond acceptors (Lipinski definition) is 4. The minimum atomic E-state index is -0.446. The van der Waals surface area contributed by atoms with Crippen molar-refractivity contribution in [1.82, 2.24) is 0 Å². The lowest BCUT2D eigenvalue weighted by molar-refractivity contribution is -0.137. The Bertz CT molecular complexity index is 347. The van der Waals surface area contributed by atoms with Gasteiger partial charge in [-0.05, 0) is 19.1 Å². The molecule has 1 aromatic rings. The fraction of sp³-hybridized carbons (Fsp3) is 0.182. The number of esters is 1. The zero-order valence-corrected chi connectivity index (χ0v) is 8.57. The van der Waals surface area contributed by atoms with Crippen LogP contribution in [-0.4, -0.2) is 12.6 Å². The number of carbonyl (C=O) groups is 1. The summed E-state index contributed by atoms with van der Waals surface area (Å²) in [5.74, 6) is -0.182. The predicted molar refractivity (Wildman–Crippen MR) is 59.0 cm³/mol. The second-order valence-corrected chi connectivity index (χ2v) is 2.84. The average Bonchev–Trinajstić information content (AvgIpc) is 2.19. The first kappa shape index (κ1) is 11.1. The Labute approximate surface area is 88.7 Å². The fourth-order valence-electron chi connectivity index (χ4n) is 1.04. The van der Waals surface area contributed by atoms with Gasteiger partial charge in [0.1, 0.15) is 5.82 Å². The minimum absolute atomic E-state index is 0.264. The van der Waals surface area contributed by atoms with E-state index < -0.39 is 5.97 Å². The van der Waals surface area contributed by atoms with E-state index in [0.29, 0.717) is 6.61 Å². The molecular formula is C11H14N2O2. The number of para-hydroxylation sites is 1. The topological polar surface area (TPSA) is 64.3 Å². The Morgan fingerprint density at radius 3 is 2.73 bits per heavy atom. The molecule has 0 unspecified atom stereocenters. The van der Waals surface area contributed by atoms with Gasteiger partial charge in [-0.1, -0.05) is 18.2 Å². The molecule has 0 atom stereocenters. The van der Waals surface area contributed by atoms with Crippen LogP contribution in [0.1, 0.15) is 6.92 Å². The highest BCUT2D eigenvalue weighted by Crippen LogP contribution is 2.06. The lowest BCUT2D eigenvalue weighted by Gasteiger charge is -2.05. The van der Waals surface area contributed by atoms with Crippen molar-refractivity contribution < 1.29 is 9.53 Å². The number of nitrogens with one attached hydrogen (secondary N) is 1. The van der Waals surface area contributed by atoms with Gasteiger partial charge >= 0.3 is 5.97 Å². The standard InChI is InChI=1S/C11H14N2O2/c1-2-15-11(14)8-10(12)13-9-6-4-3-5-7-9/h3-8,13H,2,12H2,1H3/b10-8+. The number of nitrogens with two attached hydrogens (primary N) is 1. The van der Waals surface area contributed by atoms with Crippen LogP contribution in [0, 0.1) is 0 Å². The highest BCUT2D eigenvalue weighted by Gasteiger charge is 1.98. The van der Waals surface area contributed by atoms with Crippen molar-refractivity contribution >= 4 is 11.7 Å². The molecule has 1 aromatic carbocycles. The summed E-state index contributed by atoms with van der Waals surface area (Å²) < 4.78 is 4.71. The molecule has 0 saturated carbocycles. The largest absolute Gasteiger partial charge is 0.463 e. The van der Waals surface area contributed by atoms with E-state index in [1.807, 2.05) is 30.3 Å².